The summed E-state index contributed by atoms with van der Waals surface area (Å²) in [5.41, 5.74) is 0. The van der Waals surface area contributed by atoms with Crippen LogP contribution >= 0.6 is 21.6 Å². The Kier molecular flexibility index (Phi) is 13.8. The number of carbonyl (C=O) groups excluding carboxylic acids is 2. The second-order valence-corrected chi connectivity index (χ2v) is 6.47. The van der Waals surface area contributed by atoms with E-state index in [0.29, 0.717) is 25.9 Å². The zero-order chi connectivity index (χ0) is 15.1. The normalized spacial score (nSPS) is 9.80. The molecule has 3 N–H and O–H groups in total. The molecule has 0 aromatic heterocycles. The van der Waals surface area contributed by atoms with Gasteiger partial charge in [0.25, 0.3) is 0 Å². The van der Waals surface area contributed by atoms with Crippen molar-refractivity contribution < 1.29 is 19.5 Å². The van der Waals surface area contributed by atoms with Crippen molar-refractivity contribution in [3.8, 4) is 0 Å². The molecule has 1 amide bonds. The summed E-state index contributed by atoms with van der Waals surface area (Å²) < 4.78 is 0. The van der Waals surface area contributed by atoms with Gasteiger partial charge in [-0.3, -0.25) is 9.59 Å². The quantitative estimate of drug-likeness (QED) is 0.261. The molecule has 0 aliphatic heterocycles. The van der Waals surface area contributed by atoms with Crippen molar-refractivity contribution in [2.75, 3.05) is 31.1 Å². The van der Waals surface area contributed by atoms with Crippen LogP contribution in [0.25, 0.3) is 0 Å². The van der Waals surface area contributed by atoms with Gasteiger partial charge in [0.2, 0.25) is 5.91 Å². The number of carbonyl (C=O) groups is 2. The highest BCUT2D eigenvalue weighted by atomic mass is 33.1. The van der Waals surface area contributed by atoms with Crippen LogP contribution < -0.4 is 10.6 Å². The number of amides is 1. The Hall–Kier alpha value is -0.950. The van der Waals surface area contributed by atoms with Gasteiger partial charge in [-0.25, -0.2) is 4.79 Å². The number of carboxylic acids is 1. The van der Waals surface area contributed by atoms with Crippen molar-refractivity contribution in [1.29, 1.82) is 0 Å². The lowest BCUT2D eigenvalue weighted by Crippen LogP contribution is -2.25. The summed E-state index contributed by atoms with van der Waals surface area (Å²) in [5.74, 6) is 2.43. The van der Waals surface area contributed by atoms with Crippen molar-refractivity contribution in [1.82, 2.24) is 10.6 Å². The SMILES string of the molecule is O=C=CCNCCSSCCC(=O)NCCCC(=O)O. The van der Waals surface area contributed by atoms with Crippen LogP contribution in [-0.4, -0.2) is 54.1 Å². The molecule has 0 saturated carbocycles. The Morgan fingerprint density at radius 3 is 2.60 bits per heavy atom. The van der Waals surface area contributed by atoms with Gasteiger partial charge in [0.05, 0.1) is 0 Å². The van der Waals surface area contributed by atoms with Gasteiger partial charge in [-0.2, -0.15) is 0 Å². The van der Waals surface area contributed by atoms with Crippen molar-refractivity contribution in [2.24, 2.45) is 0 Å². The fourth-order valence-corrected chi connectivity index (χ4v) is 3.08. The van der Waals surface area contributed by atoms with Crippen LogP contribution in [0.4, 0.5) is 0 Å². The molecule has 0 radical (unpaired) electrons. The lowest BCUT2D eigenvalue weighted by Gasteiger charge is -2.04. The molecule has 0 unspecified atom stereocenters. The monoisotopic (exact) mass is 320 g/mol. The first-order valence-corrected chi connectivity index (χ1v) is 8.78. The van der Waals surface area contributed by atoms with E-state index in [4.69, 9.17) is 5.11 Å². The van der Waals surface area contributed by atoms with Crippen LogP contribution in [-0.2, 0) is 14.4 Å². The molecule has 8 heteroatoms. The zero-order valence-corrected chi connectivity index (χ0v) is 12.9. The van der Waals surface area contributed by atoms with Crippen molar-refractivity contribution >= 4 is 39.4 Å². The molecule has 0 aliphatic carbocycles. The van der Waals surface area contributed by atoms with E-state index in [1.54, 1.807) is 27.5 Å². The van der Waals surface area contributed by atoms with Crippen LogP contribution in [0.15, 0.2) is 6.08 Å². The van der Waals surface area contributed by atoms with E-state index < -0.39 is 5.97 Å². The first-order valence-electron chi connectivity index (χ1n) is 6.29. The molecule has 0 bridgehead atoms. The molecule has 0 aromatic rings. The van der Waals surface area contributed by atoms with Gasteiger partial charge in [-0.1, -0.05) is 21.6 Å². The van der Waals surface area contributed by atoms with Gasteiger partial charge in [0, 0.05) is 50.1 Å². The molecular weight excluding hydrogens is 300 g/mol. The number of hydrogen-bond donors (Lipinski definition) is 3. The van der Waals surface area contributed by atoms with Gasteiger partial charge in [0.1, 0.15) is 5.94 Å². The molecule has 20 heavy (non-hydrogen) atoms. The van der Waals surface area contributed by atoms with Crippen molar-refractivity contribution in [3.05, 3.63) is 6.08 Å². The van der Waals surface area contributed by atoms with E-state index in [9.17, 15) is 14.4 Å². The second-order valence-electron chi connectivity index (χ2n) is 3.77. The van der Waals surface area contributed by atoms with Crippen LogP contribution in [0.1, 0.15) is 19.3 Å². The maximum absolute atomic E-state index is 11.4. The highest BCUT2D eigenvalue weighted by Crippen LogP contribution is 2.20. The largest absolute Gasteiger partial charge is 0.481 e. The third-order valence-corrected chi connectivity index (χ3v) is 4.49. The Morgan fingerprint density at radius 2 is 1.90 bits per heavy atom. The van der Waals surface area contributed by atoms with Crippen LogP contribution in [0, 0.1) is 0 Å². The van der Waals surface area contributed by atoms with Crippen LogP contribution in [0.2, 0.25) is 0 Å². The minimum atomic E-state index is -0.844. The average Bonchev–Trinajstić information content (AvgIpc) is 2.41. The third kappa shape index (κ3) is 15.1. The van der Waals surface area contributed by atoms with E-state index in [1.165, 1.54) is 6.08 Å². The Morgan fingerprint density at radius 1 is 1.15 bits per heavy atom. The summed E-state index contributed by atoms with van der Waals surface area (Å²) in [7, 11) is 3.29. The Labute approximate surface area is 126 Å². The minimum absolute atomic E-state index is 0.0438. The number of rotatable bonds is 13. The summed E-state index contributed by atoms with van der Waals surface area (Å²) in [6.45, 7) is 1.75. The average molecular weight is 320 g/mol. The van der Waals surface area contributed by atoms with E-state index >= 15 is 0 Å². The highest BCUT2D eigenvalue weighted by molar-refractivity contribution is 8.76. The van der Waals surface area contributed by atoms with E-state index in [2.05, 4.69) is 10.6 Å². The Balaban J connectivity index is 3.22. The van der Waals surface area contributed by atoms with Gasteiger partial charge in [-0.05, 0) is 6.42 Å². The molecular formula is C12H20N2O4S2. The summed E-state index contributed by atoms with van der Waals surface area (Å²) in [6.07, 6.45) is 2.37. The topological polar surface area (TPSA) is 95.5 Å². The third-order valence-electron chi connectivity index (χ3n) is 2.08. The molecule has 0 spiro atoms. The van der Waals surface area contributed by atoms with Crippen LogP contribution in [0.3, 0.4) is 0 Å². The number of nitrogens with one attached hydrogen (secondary N) is 2. The minimum Gasteiger partial charge on any atom is -0.481 e. The molecule has 114 valence electrons. The van der Waals surface area contributed by atoms with E-state index in [-0.39, 0.29) is 12.3 Å². The first-order chi connectivity index (χ1) is 9.66. The summed E-state index contributed by atoms with van der Waals surface area (Å²) in [4.78, 5) is 31.5. The maximum atomic E-state index is 11.4. The fraction of sp³-hybridized carbons (Fsp3) is 0.667. The van der Waals surface area contributed by atoms with E-state index in [1.807, 2.05) is 0 Å². The summed E-state index contributed by atoms with van der Waals surface area (Å²) in [5, 5.41) is 14.2. The maximum Gasteiger partial charge on any atom is 0.303 e. The van der Waals surface area contributed by atoms with Crippen LogP contribution in [0.5, 0.6) is 0 Å². The summed E-state index contributed by atoms with van der Waals surface area (Å²) in [6, 6.07) is 0. The smallest absolute Gasteiger partial charge is 0.303 e. The molecule has 6 nitrogen and oxygen atoms in total. The predicted molar refractivity (Wildman–Crippen MR) is 82.5 cm³/mol. The lowest BCUT2D eigenvalue weighted by molar-refractivity contribution is -0.137. The second kappa shape index (κ2) is 14.5. The standard InChI is InChI=1S/C12H20N2O4S2/c15-8-2-5-13-7-10-20-19-9-4-11(16)14-6-1-3-12(17)18/h2,13H,1,3-7,9-10H2,(H,14,16)(H,17,18). The molecule has 0 atom stereocenters. The number of carboxylic acid groups (broad SMARTS) is 1. The van der Waals surface area contributed by atoms with E-state index in [0.717, 1.165) is 18.1 Å². The lowest BCUT2D eigenvalue weighted by atomic mass is 10.3. The van der Waals surface area contributed by atoms with Gasteiger partial charge in [0.15, 0.2) is 0 Å². The zero-order valence-electron chi connectivity index (χ0n) is 11.2. The van der Waals surface area contributed by atoms with Crippen molar-refractivity contribution in [3.63, 3.8) is 0 Å². The fourth-order valence-electron chi connectivity index (χ4n) is 1.14. The van der Waals surface area contributed by atoms with Crippen molar-refractivity contribution in [2.45, 2.75) is 19.3 Å². The predicted octanol–water partition coefficient (Wildman–Crippen LogP) is 0.716. The molecule has 0 aromatic carbocycles. The highest BCUT2D eigenvalue weighted by Gasteiger charge is 2.02. The molecule has 0 rings (SSSR count). The molecule has 0 fully saturated rings. The first kappa shape index (κ1) is 19.1. The molecule has 0 heterocycles. The summed E-state index contributed by atoms with van der Waals surface area (Å²) >= 11 is 0. The molecule has 0 saturated heterocycles. The molecule has 0 aliphatic rings. The van der Waals surface area contributed by atoms with Gasteiger partial charge < -0.3 is 15.7 Å². The number of aliphatic carboxylic acids is 1. The van der Waals surface area contributed by atoms with Gasteiger partial charge >= 0.3 is 5.97 Å². The number of hydrogen-bond acceptors (Lipinski definition) is 6. The van der Waals surface area contributed by atoms with Gasteiger partial charge in [-0.15, -0.1) is 0 Å². The Bertz CT molecular complexity index is 333.